The minimum Gasteiger partial charge on any atom is -0.478 e. The highest BCUT2D eigenvalue weighted by atomic mass is 19.4. The van der Waals surface area contributed by atoms with E-state index in [1.54, 1.807) is 30.6 Å². The van der Waals surface area contributed by atoms with Gasteiger partial charge < -0.3 is 15.8 Å². The number of nitrogens with one attached hydrogen (secondary N) is 1. The summed E-state index contributed by atoms with van der Waals surface area (Å²) in [5.41, 5.74) is 7.14. The van der Waals surface area contributed by atoms with E-state index >= 15 is 0 Å². The van der Waals surface area contributed by atoms with Gasteiger partial charge in [-0.05, 0) is 48.4 Å². The maximum absolute atomic E-state index is 13.0. The smallest absolute Gasteiger partial charge is 0.416 e. The lowest BCUT2D eigenvalue weighted by Gasteiger charge is -2.16. The van der Waals surface area contributed by atoms with E-state index in [9.17, 15) is 22.8 Å². The van der Waals surface area contributed by atoms with Crippen molar-refractivity contribution in [2.75, 3.05) is 6.61 Å². The Kier molecular flexibility index (Phi) is 8.60. The van der Waals surface area contributed by atoms with Gasteiger partial charge in [-0.25, -0.2) is 4.68 Å². The van der Waals surface area contributed by atoms with Gasteiger partial charge in [0.05, 0.1) is 23.6 Å². The van der Waals surface area contributed by atoms with Gasteiger partial charge in [0.2, 0.25) is 17.7 Å². The van der Waals surface area contributed by atoms with Crippen molar-refractivity contribution in [3.05, 3.63) is 96.3 Å². The monoisotopic (exact) mass is 537 g/mol. The summed E-state index contributed by atoms with van der Waals surface area (Å²) in [5.74, 6) is -0.703. The molecule has 0 saturated heterocycles. The molecule has 1 atom stereocenters. The van der Waals surface area contributed by atoms with Crippen LogP contribution < -0.4 is 15.8 Å². The van der Waals surface area contributed by atoms with Crippen LogP contribution in [-0.4, -0.2) is 39.2 Å². The summed E-state index contributed by atoms with van der Waals surface area (Å²) >= 11 is 0. The van der Waals surface area contributed by atoms with Gasteiger partial charge in [-0.15, -0.1) is 0 Å². The maximum Gasteiger partial charge on any atom is 0.416 e. The van der Waals surface area contributed by atoms with Crippen molar-refractivity contribution in [1.29, 1.82) is 0 Å². The van der Waals surface area contributed by atoms with E-state index < -0.39 is 23.7 Å². The average Bonchev–Trinajstić information content (AvgIpc) is 3.35. The SMILES string of the molecule is NC(=O)[C@H](Cc1ccccc1)NC(=O)CCCOc1cc(-c2cccnc2)nn1-c1ccc(C(F)(F)F)cc1. The number of ether oxygens (including phenoxy) is 1. The van der Waals surface area contributed by atoms with Gasteiger partial charge in [0.25, 0.3) is 0 Å². The second-order valence-electron chi connectivity index (χ2n) is 8.73. The summed E-state index contributed by atoms with van der Waals surface area (Å²) in [6, 6.07) is 18.1. The predicted octanol–water partition coefficient (Wildman–Crippen LogP) is 4.32. The molecule has 0 aliphatic rings. The first-order chi connectivity index (χ1) is 18.7. The Morgan fingerprint density at radius 1 is 1.03 bits per heavy atom. The number of nitrogens with two attached hydrogens (primary N) is 1. The van der Waals surface area contributed by atoms with Crippen molar-refractivity contribution >= 4 is 11.8 Å². The number of amides is 2. The third-order valence-corrected chi connectivity index (χ3v) is 5.83. The molecule has 0 fully saturated rings. The molecular formula is C28H26F3N5O3. The molecule has 0 unspecified atom stereocenters. The summed E-state index contributed by atoms with van der Waals surface area (Å²) in [7, 11) is 0. The van der Waals surface area contributed by atoms with Crippen LogP contribution in [0.1, 0.15) is 24.0 Å². The van der Waals surface area contributed by atoms with Crippen molar-refractivity contribution in [3.63, 3.8) is 0 Å². The molecule has 2 aromatic carbocycles. The number of hydrogen-bond donors (Lipinski definition) is 2. The second kappa shape index (κ2) is 12.2. The average molecular weight is 538 g/mol. The third-order valence-electron chi connectivity index (χ3n) is 5.83. The molecule has 0 bridgehead atoms. The zero-order valence-electron chi connectivity index (χ0n) is 20.8. The summed E-state index contributed by atoms with van der Waals surface area (Å²) in [6.45, 7) is 0.117. The first kappa shape index (κ1) is 27.4. The van der Waals surface area contributed by atoms with Gasteiger partial charge in [0.15, 0.2) is 0 Å². The largest absolute Gasteiger partial charge is 0.478 e. The van der Waals surface area contributed by atoms with Crippen LogP contribution in [0.25, 0.3) is 16.9 Å². The fraction of sp³-hybridized carbons (Fsp3) is 0.214. The topological polar surface area (TPSA) is 112 Å². The lowest BCUT2D eigenvalue weighted by atomic mass is 10.1. The minimum absolute atomic E-state index is 0.0719. The van der Waals surface area contributed by atoms with Crippen LogP contribution in [0, 0.1) is 0 Å². The molecule has 2 heterocycles. The van der Waals surface area contributed by atoms with Gasteiger partial charge in [0, 0.05) is 36.9 Å². The number of pyridine rings is 1. The van der Waals surface area contributed by atoms with Crippen LogP contribution in [0.3, 0.4) is 0 Å². The fourth-order valence-corrected chi connectivity index (χ4v) is 3.85. The summed E-state index contributed by atoms with van der Waals surface area (Å²) < 4.78 is 46.3. The van der Waals surface area contributed by atoms with E-state index in [-0.39, 0.29) is 31.2 Å². The van der Waals surface area contributed by atoms with Crippen molar-refractivity contribution in [2.45, 2.75) is 31.5 Å². The number of nitrogens with zero attached hydrogens (tertiary/aromatic N) is 3. The number of aromatic nitrogens is 3. The van der Waals surface area contributed by atoms with E-state index in [4.69, 9.17) is 10.5 Å². The number of benzene rings is 2. The first-order valence-corrected chi connectivity index (χ1v) is 12.1. The van der Waals surface area contributed by atoms with Gasteiger partial charge in [0.1, 0.15) is 6.04 Å². The molecule has 0 spiro atoms. The molecule has 202 valence electrons. The zero-order chi connectivity index (χ0) is 27.8. The number of halogens is 3. The van der Waals surface area contributed by atoms with Crippen LogP contribution >= 0.6 is 0 Å². The Morgan fingerprint density at radius 2 is 1.77 bits per heavy atom. The standard InChI is InChI=1S/C28H26F3N5O3/c29-28(30,31)21-10-12-22(13-11-21)36-26(17-23(35-36)20-8-4-14-33-18-20)39-15-5-9-25(37)34-24(27(32)38)16-19-6-2-1-3-7-19/h1-4,6-8,10-14,17-18,24H,5,9,15-16H2,(H2,32,38)(H,34,37)/t24-/m0/s1. The van der Waals surface area contributed by atoms with E-state index in [0.717, 1.165) is 17.7 Å². The normalized spacial score (nSPS) is 12.1. The molecule has 0 aliphatic heterocycles. The maximum atomic E-state index is 13.0. The molecule has 4 rings (SSSR count). The molecular weight excluding hydrogens is 511 g/mol. The lowest BCUT2D eigenvalue weighted by Crippen LogP contribution is -2.45. The summed E-state index contributed by atoms with van der Waals surface area (Å²) in [6.07, 6.45) is -0.578. The quantitative estimate of drug-likeness (QED) is 0.277. The fourth-order valence-electron chi connectivity index (χ4n) is 3.85. The number of primary amides is 1. The molecule has 11 heteroatoms. The van der Waals surface area contributed by atoms with E-state index in [2.05, 4.69) is 15.4 Å². The van der Waals surface area contributed by atoms with Gasteiger partial charge in [-0.2, -0.15) is 18.3 Å². The predicted molar refractivity (Wildman–Crippen MR) is 138 cm³/mol. The molecule has 2 amide bonds. The van der Waals surface area contributed by atoms with Crippen LogP contribution in [0.4, 0.5) is 13.2 Å². The van der Waals surface area contributed by atoms with Crippen molar-refractivity contribution in [1.82, 2.24) is 20.1 Å². The molecule has 39 heavy (non-hydrogen) atoms. The number of carbonyl (C=O) groups is 2. The molecule has 4 aromatic rings. The molecule has 2 aromatic heterocycles. The van der Waals surface area contributed by atoms with Gasteiger partial charge in [-0.3, -0.25) is 14.6 Å². The molecule has 3 N–H and O–H groups in total. The number of alkyl halides is 3. The Balaban J connectivity index is 1.41. The number of hydrogen-bond acceptors (Lipinski definition) is 5. The minimum atomic E-state index is -4.46. The molecule has 8 nitrogen and oxygen atoms in total. The van der Waals surface area contributed by atoms with Crippen LogP contribution in [0.2, 0.25) is 0 Å². The third kappa shape index (κ3) is 7.44. The first-order valence-electron chi connectivity index (χ1n) is 12.1. The van der Waals surface area contributed by atoms with Crippen LogP contribution in [0.5, 0.6) is 5.88 Å². The Labute approximate surface area is 222 Å². The highest BCUT2D eigenvalue weighted by molar-refractivity contribution is 5.86. The highest BCUT2D eigenvalue weighted by Crippen LogP contribution is 2.31. The molecule has 0 saturated carbocycles. The lowest BCUT2D eigenvalue weighted by molar-refractivity contribution is -0.137. The highest BCUT2D eigenvalue weighted by Gasteiger charge is 2.30. The van der Waals surface area contributed by atoms with Gasteiger partial charge in [-0.1, -0.05) is 30.3 Å². The Morgan fingerprint density at radius 3 is 2.41 bits per heavy atom. The zero-order valence-corrected chi connectivity index (χ0v) is 20.8. The van der Waals surface area contributed by atoms with Crippen LogP contribution in [0.15, 0.2) is 85.2 Å². The number of rotatable bonds is 11. The van der Waals surface area contributed by atoms with Crippen molar-refractivity contribution in [3.8, 4) is 22.8 Å². The van der Waals surface area contributed by atoms with Crippen LogP contribution in [-0.2, 0) is 22.2 Å². The van der Waals surface area contributed by atoms with Gasteiger partial charge >= 0.3 is 6.18 Å². The summed E-state index contributed by atoms with van der Waals surface area (Å²) in [5, 5.41) is 7.15. The molecule has 0 aliphatic carbocycles. The van der Waals surface area contributed by atoms with Crippen molar-refractivity contribution in [2.24, 2.45) is 5.73 Å². The van der Waals surface area contributed by atoms with E-state index in [0.29, 0.717) is 23.4 Å². The summed E-state index contributed by atoms with van der Waals surface area (Å²) in [4.78, 5) is 28.4. The van der Waals surface area contributed by atoms with E-state index in [1.165, 1.54) is 16.8 Å². The van der Waals surface area contributed by atoms with E-state index in [1.807, 2.05) is 30.3 Å². The number of carbonyl (C=O) groups excluding carboxylic acids is 2. The Hall–Kier alpha value is -4.67. The van der Waals surface area contributed by atoms with Crippen molar-refractivity contribution < 1.29 is 27.5 Å². The molecule has 0 radical (unpaired) electrons. The second-order valence-corrected chi connectivity index (χ2v) is 8.73. The Bertz CT molecular complexity index is 1390.